The summed E-state index contributed by atoms with van der Waals surface area (Å²) in [7, 11) is 0. The molecule has 2 rings (SSSR count). The number of nitrogens with zero attached hydrogens (tertiary/aromatic N) is 1. The second-order valence-corrected chi connectivity index (χ2v) is 2.94. The zero-order valence-corrected chi connectivity index (χ0v) is 6.82. The number of hydrogen-bond donors (Lipinski definition) is 2. The third-order valence-corrected chi connectivity index (χ3v) is 2.07. The lowest BCUT2D eigenvalue weighted by atomic mass is 10.1. The molecule has 4 heteroatoms. The average molecular weight is 176 g/mol. The maximum Gasteiger partial charge on any atom is 0.137 e. The Balaban J connectivity index is 2.59. The number of nitriles is 1. The van der Waals surface area contributed by atoms with Gasteiger partial charge >= 0.3 is 0 Å². The molecule has 0 fully saturated rings. The first-order chi connectivity index (χ1) is 6.22. The van der Waals surface area contributed by atoms with Gasteiger partial charge < -0.3 is 15.6 Å². The van der Waals surface area contributed by atoms with Crippen molar-refractivity contribution in [1.82, 2.24) is 0 Å². The van der Waals surface area contributed by atoms with E-state index in [0.29, 0.717) is 12.4 Å². The molecular weight excluding hydrogens is 168 g/mol. The Bertz CT molecular complexity index is 395. The van der Waals surface area contributed by atoms with Crippen molar-refractivity contribution in [2.45, 2.75) is 6.04 Å². The van der Waals surface area contributed by atoms with E-state index in [1.165, 1.54) is 6.07 Å². The molecule has 0 amide bonds. The molecule has 0 aliphatic carbocycles. The number of ether oxygens (including phenoxy) is 1. The van der Waals surface area contributed by atoms with Crippen molar-refractivity contribution in [2.24, 2.45) is 5.73 Å². The van der Waals surface area contributed by atoms with Gasteiger partial charge in [0.25, 0.3) is 0 Å². The predicted octanol–water partition coefficient (Wildman–Crippen LogP) is 0.656. The Morgan fingerprint density at radius 2 is 2.38 bits per heavy atom. The average Bonchev–Trinajstić information content (AvgIpc) is 2.46. The molecule has 0 spiro atoms. The van der Waals surface area contributed by atoms with Crippen LogP contribution in [0.1, 0.15) is 17.2 Å². The van der Waals surface area contributed by atoms with E-state index in [9.17, 15) is 5.11 Å². The van der Waals surface area contributed by atoms with Gasteiger partial charge in [0.05, 0.1) is 11.6 Å². The van der Waals surface area contributed by atoms with Crippen molar-refractivity contribution >= 4 is 0 Å². The minimum absolute atomic E-state index is 0.0599. The molecule has 1 aliphatic heterocycles. The van der Waals surface area contributed by atoms with E-state index in [0.717, 1.165) is 5.56 Å². The van der Waals surface area contributed by atoms with Gasteiger partial charge in [-0.15, -0.1) is 0 Å². The molecule has 0 aromatic heterocycles. The molecule has 66 valence electrons. The first kappa shape index (κ1) is 7.90. The molecule has 1 aliphatic rings. The van der Waals surface area contributed by atoms with Crippen molar-refractivity contribution in [3.8, 4) is 17.6 Å². The van der Waals surface area contributed by atoms with Gasteiger partial charge in [-0.1, -0.05) is 0 Å². The Hall–Kier alpha value is -1.73. The highest BCUT2D eigenvalue weighted by atomic mass is 16.5. The molecule has 0 bridgehead atoms. The van der Waals surface area contributed by atoms with Crippen LogP contribution < -0.4 is 10.5 Å². The summed E-state index contributed by atoms with van der Waals surface area (Å²) >= 11 is 0. The highest BCUT2D eigenvalue weighted by Crippen LogP contribution is 2.35. The smallest absolute Gasteiger partial charge is 0.137 e. The summed E-state index contributed by atoms with van der Waals surface area (Å²) in [5, 5.41) is 18.0. The molecule has 1 aromatic carbocycles. The SMILES string of the molecule is N#Cc1cc2c(cc1O)OC[C@H]2N. The van der Waals surface area contributed by atoms with Crippen molar-refractivity contribution in [2.75, 3.05) is 6.61 Å². The topological polar surface area (TPSA) is 79.3 Å². The largest absolute Gasteiger partial charge is 0.506 e. The second kappa shape index (κ2) is 2.64. The van der Waals surface area contributed by atoms with Crippen LogP contribution in [0.2, 0.25) is 0 Å². The van der Waals surface area contributed by atoms with Crippen LogP contribution in [-0.4, -0.2) is 11.7 Å². The summed E-state index contributed by atoms with van der Waals surface area (Å²) in [6.07, 6.45) is 0. The minimum atomic E-state index is -0.192. The van der Waals surface area contributed by atoms with E-state index in [1.807, 2.05) is 6.07 Å². The molecule has 13 heavy (non-hydrogen) atoms. The van der Waals surface area contributed by atoms with Gasteiger partial charge in [-0.05, 0) is 6.07 Å². The summed E-state index contributed by atoms with van der Waals surface area (Å²) in [4.78, 5) is 0. The summed E-state index contributed by atoms with van der Waals surface area (Å²) in [5.74, 6) is 0.513. The number of phenols is 1. The molecule has 1 heterocycles. The number of hydrogen-bond acceptors (Lipinski definition) is 4. The first-order valence-electron chi connectivity index (χ1n) is 3.87. The van der Waals surface area contributed by atoms with E-state index >= 15 is 0 Å². The fraction of sp³-hybridized carbons (Fsp3) is 0.222. The molecule has 0 saturated heterocycles. The first-order valence-corrected chi connectivity index (χ1v) is 3.87. The van der Waals surface area contributed by atoms with Gasteiger partial charge in [-0.2, -0.15) is 5.26 Å². The second-order valence-electron chi connectivity index (χ2n) is 2.94. The quantitative estimate of drug-likeness (QED) is 0.608. The lowest BCUT2D eigenvalue weighted by Crippen LogP contribution is -2.10. The van der Waals surface area contributed by atoms with Crippen molar-refractivity contribution < 1.29 is 9.84 Å². The molecule has 0 unspecified atom stereocenters. The number of nitrogens with two attached hydrogens (primary N) is 1. The van der Waals surface area contributed by atoms with Crippen LogP contribution >= 0.6 is 0 Å². The van der Waals surface area contributed by atoms with E-state index in [-0.39, 0.29) is 17.4 Å². The zero-order valence-electron chi connectivity index (χ0n) is 6.82. The Labute approximate surface area is 75.2 Å². The van der Waals surface area contributed by atoms with Crippen LogP contribution in [0.3, 0.4) is 0 Å². The van der Waals surface area contributed by atoms with E-state index in [2.05, 4.69) is 0 Å². The summed E-state index contributed by atoms with van der Waals surface area (Å²) in [5.41, 5.74) is 6.73. The molecule has 4 nitrogen and oxygen atoms in total. The van der Waals surface area contributed by atoms with Crippen LogP contribution in [0.5, 0.6) is 11.5 Å². The maximum atomic E-state index is 9.32. The van der Waals surface area contributed by atoms with E-state index in [1.54, 1.807) is 6.07 Å². The number of aromatic hydroxyl groups is 1. The number of phenolic OH excluding ortho intramolecular Hbond substituents is 1. The summed E-state index contributed by atoms with van der Waals surface area (Å²) in [6.45, 7) is 0.406. The minimum Gasteiger partial charge on any atom is -0.506 e. The third-order valence-electron chi connectivity index (χ3n) is 2.07. The van der Waals surface area contributed by atoms with Crippen LogP contribution in [0.15, 0.2) is 12.1 Å². The molecule has 1 aromatic rings. The Morgan fingerprint density at radius 3 is 3.08 bits per heavy atom. The number of fused-ring (bicyclic) bond motifs is 1. The Morgan fingerprint density at radius 1 is 1.62 bits per heavy atom. The molecule has 0 radical (unpaired) electrons. The van der Waals surface area contributed by atoms with Crippen LogP contribution in [0.25, 0.3) is 0 Å². The van der Waals surface area contributed by atoms with Gasteiger partial charge in [0, 0.05) is 11.6 Å². The molecule has 3 N–H and O–H groups in total. The summed E-state index contributed by atoms with van der Waals surface area (Å²) < 4.78 is 5.20. The zero-order chi connectivity index (χ0) is 9.42. The van der Waals surface area contributed by atoms with Gasteiger partial charge in [0.2, 0.25) is 0 Å². The fourth-order valence-corrected chi connectivity index (χ4v) is 1.36. The van der Waals surface area contributed by atoms with E-state index in [4.69, 9.17) is 15.7 Å². The summed E-state index contributed by atoms with van der Waals surface area (Å²) in [6, 6.07) is 4.70. The van der Waals surface area contributed by atoms with Gasteiger partial charge in [-0.3, -0.25) is 0 Å². The molecule has 1 atom stereocenters. The Kier molecular flexibility index (Phi) is 1.61. The highest BCUT2D eigenvalue weighted by Gasteiger charge is 2.22. The van der Waals surface area contributed by atoms with E-state index < -0.39 is 0 Å². The predicted molar refractivity (Wildman–Crippen MR) is 45.2 cm³/mol. The van der Waals surface area contributed by atoms with Gasteiger partial charge in [0.1, 0.15) is 24.2 Å². The molecular formula is C9H8N2O2. The monoisotopic (exact) mass is 176 g/mol. The normalized spacial score (nSPS) is 18.9. The van der Waals surface area contributed by atoms with Crippen LogP contribution in [-0.2, 0) is 0 Å². The van der Waals surface area contributed by atoms with Crippen molar-refractivity contribution in [1.29, 1.82) is 5.26 Å². The third kappa shape index (κ3) is 1.10. The van der Waals surface area contributed by atoms with Crippen molar-refractivity contribution in [3.63, 3.8) is 0 Å². The number of rotatable bonds is 0. The number of benzene rings is 1. The lowest BCUT2D eigenvalue weighted by molar-refractivity contribution is 0.332. The van der Waals surface area contributed by atoms with Gasteiger partial charge in [-0.25, -0.2) is 0 Å². The fourth-order valence-electron chi connectivity index (χ4n) is 1.36. The van der Waals surface area contributed by atoms with Crippen LogP contribution in [0.4, 0.5) is 0 Å². The van der Waals surface area contributed by atoms with Gasteiger partial charge in [0.15, 0.2) is 0 Å². The van der Waals surface area contributed by atoms with Crippen molar-refractivity contribution in [3.05, 3.63) is 23.3 Å². The lowest BCUT2D eigenvalue weighted by Gasteiger charge is -2.02. The standard InChI is InChI=1S/C9H8N2O2/c10-3-5-1-6-7(11)4-13-9(6)2-8(5)12/h1-2,7,12H,4,11H2/t7-/m1/s1. The maximum absolute atomic E-state index is 9.32. The highest BCUT2D eigenvalue weighted by molar-refractivity contribution is 5.53. The molecule has 0 saturated carbocycles. The van der Waals surface area contributed by atoms with Crippen LogP contribution in [0, 0.1) is 11.3 Å².